The average molecular weight is 512 g/mol. The summed E-state index contributed by atoms with van der Waals surface area (Å²) in [6.07, 6.45) is 4.87. The smallest absolute Gasteiger partial charge is 0.256 e. The number of piperidine rings is 1. The molecule has 3 aromatic heterocycles. The highest BCUT2D eigenvalue weighted by molar-refractivity contribution is 7.09. The summed E-state index contributed by atoms with van der Waals surface area (Å²) in [5, 5.41) is 13.9. The Kier molecular flexibility index (Phi) is 7.00. The van der Waals surface area contributed by atoms with Gasteiger partial charge in [0.2, 0.25) is 5.95 Å². The number of hydrogen-bond acceptors (Lipinski definition) is 10. The molecule has 1 N–H and O–H groups in total. The number of thiazole rings is 1. The summed E-state index contributed by atoms with van der Waals surface area (Å²) >= 11 is 1.60. The lowest BCUT2D eigenvalue weighted by atomic mass is 9.98. The van der Waals surface area contributed by atoms with E-state index in [4.69, 9.17) is 9.72 Å². The highest BCUT2D eigenvalue weighted by atomic mass is 32.1. The molecule has 1 aliphatic rings. The first kappa shape index (κ1) is 24.0. The van der Waals surface area contributed by atoms with E-state index in [9.17, 15) is 9.18 Å². The maximum absolute atomic E-state index is 14.5. The number of nitrogens with one attached hydrogen (secondary N) is 1. The molecule has 13 heteroatoms. The van der Waals surface area contributed by atoms with Crippen LogP contribution in [0, 0.1) is 5.82 Å². The van der Waals surface area contributed by atoms with E-state index in [-0.39, 0.29) is 17.9 Å². The zero-order valence-electron chi connectivity index (χ0n) is 20.0. The minimum Gasteiger partial charge on any atom is -0.484 e. The van der Waals surface area contributed by atoms with Crippen LogP contribution in [-0.2, 0) is 13.2 Å². The Morgan fingerprint density at radius 1 is 1.28 bits per heavy atom. The Morgan fingerprint density at radius 3 is 2.81 bits per heavy atom. The molecule has 1 fully saturated rings. The minimum atomic E-state index is -0.493. The van der Waals surface area contributed by atoms with Crippen LogP contribution in [0.5, 0.6) is 5.75 Å². The van der Waals surface area contributed by atoms with Crippen molar-refractivity contribution in [3.05, 3.63) is 68.5 Å². The van der Waals surface area contributed by atoms with E-state index in [0.717, 1.165) is 36.6 Å². The zero-order valence-corrected chi connectivity index (χ0v) is 20.8. The third kappa shape index (κ3) is 5.41. The number of ether oxygens (including phenoxy) is 1. The molecule has 0 bridgehead atoms. The van der Waals surface area contributed by atoms with Gasteiger partial charge in [-0.25, -0.2) is 19.0 Å². The Hall–Kier alpha value is -3.71. The number of aromatic amines is 1. The first-order valence-electron chi connectivity index (χ1n) is 11.5. The summed E-state index contributed by atoms with van der Waals surface area (Å²) in [5.74, 6) is 0.592. The summed E-state index contributed by atoms with van der Waals surface area (Å²) in [7, 11) is 3.84. The van der Waals surface area contributed by atoms with Crippen LogP contribution >= 0.6 is 11.3 Å². The molecule has 0 saturated carbocycles. The van der Waals surface area contributed by atoms with Crippen molar-refractivity contribution in [2.45, 2.75) is 31.9 Å². The van der Waals surface area contributed by atoms with E-state index in [1.54, 1.807) is 29.7 Å². The molecule has 1 aromatic carbocycles. The van der Waals surface area contributed by atoms with Crippen LogP contribution in [0.2, 0.25) is 0 Å². The third-order valence-electron chi connectivity index (χ3n) is 5.96. The normalized spacial score (nSPS) is 14.5. The standard InChI is InChI=1S/C23H26FN9O2S/c1-31(2)11-16-10-25-23(28-21(16)34)32-7-5-15(6-8-32)22-27-17(13-36-22)12-35-20-4-3-18(9-19(20)24)33-14-26-29-30-33/h3-4,9-10,13-15H,5-8,11-12H2,1-2H3,(H,25,28,34). The fourth-order valence-corrected chi connectivity index (χ4v) is 5.10. The van der Waals surface area contributed by atoms with Crippen LogP contribution in [0.3, 0.4) is 0 Å². The number of hydrogen-bond donors (Lipinski definition) is 1. The van der Waals surface area contributed by atoms with Crippen LogP contribution in [0.1, 0.15) is 35.0 Å². The van der Waals surface area contributed by atoms with E-state index >= 15 is 0 Å². The fraction of sp³-hybridized carbons (Fsp3) is 0.391. The van der Waals surface area contributed by atoms with Crippen LogP contribution in [0.4, 0.5) is 10.3 Å². The number of halogens is 1. The lowest BCUT2D eigenvalue weighted by Gasteiger charge is -2.31. The molecule has 1 aliphatic heterocycles. The Balaban J connectivity index is 1.15. The van der Waals surface area contributed by atoms with Crippen molar-refractivity contribution in [1.82, 2.24) is 40.1 Å². The maximum Gasteiger partial charge on any atom is 0.256 e. The lowest BCUT2D eigenvalue weighted by Crippen LogP contribution is -2.35. The molecule has 1 saturated heterocycles. The molecule has 4 heterocycles. The van der Waals surface area contributed by atoms with Crippen LogP contribution in [0.15, 0.2) is 40.9 Å². The van der Waals surface area contributed by atoms with E-state index in [0.29, 0.717) is 29.7 Å². The van der Waals surface area contributed by atoms with Gasteiger partial charge < -0.3 is 14.5 Å². The summed E-state index contributed by atoms with van der Waals surface area (Å²) < 4.78 is 21.5. The average Bonchev–Trinajstić information content (AvgIpc) is 3.57. The van der Waals surface area contributed by atoms with Gasteiger partial charge in [-0.05, 0) is 49.5 Å². The van der Waals surface area contributed by atoms with Crippen molar-refractivity contribution in [1.29, 1.82) is 0 Å². The van der Waals surface area contributed by atoms with Gasteiger partial charge in [0, 0.05) is 48.8 Å². The fourth-order valence-electron chi connectivity index (χ4n) is 4.12. The lowest BCUT2D eigenvalue weighted by molar-refractivity contribution is 0.286. The Bertz CT molecular complexity index is 1360. The van der Waals surface area contributed by atoms with Gasteiger partial charge in [0.15, 0.2) is 11.6 Å². The van der Waals surface area contributed by atoms with Gasteiger partial charge in [0.25, 0.3) is 5.56 Å². The molecule has 0 atom stereocenters. The number of H-pyrrole nitrogens is 1. The molecule has 5 rings (SSSR count). The molecule has 0 unspecified atom stereocenters. The predicted octanol–water partition coefficient (Wildman–Crippen LogP) is 2.37. The van der Waals surface area contributed by atoms with Gasteiger partial charge in [-0.1, -0.05) is 0 Å². The van der Waals surface area contributed by atoms with Crippen molar-refractivity contribution < 1.29 is 9.13 Å². The first-order valence-corrected chi connectivity index (χ1v) is 12.4. The minimum absolute atomic E-state index is 0.0955. The number of aromatic nitrogens is 7. The molecular formula is C23H26FN9O2S. The predicted molar refractivity (Wildman–Crippen MR) is 132 cm³/mol. The summed E-state index contributed by atoms with van der Waals surface area (Å²) in [5.41, 5.74) is 1.83. The summed E-state index contributed by atoms with van der Waals surface area (Å²) in [6.45, 7) is 2.30. The van der Waals surface area contributed by atoms with E-state index < -0.39 is 5.82 Å². The Labute approximate surface area is 210 Å². The maximum atomic E-state index is 14.5. The SMILES string of the molecule is CN(C)Cc1cnc(N2CCC(c3nc(COc4ccc(-n5cnnn5)cc4F)cs3)CC2)[nH]c1=O. The van der Waals surface area contributed by atoms with Crippen LogP contribution in [0.25, 0.3) is 5.69 Å². The van der Waals surface area contributed by atoms with E-state index in [1.807, 2.05) is 24.4 Å². The van der Waals surface area contributed by atoms with E-state index in [1.165, 1.54) is 17.1 Å². The molecule has 188 valence electrons. The molecule has 0 amide bonds. The number of tetrazole rings is 1. The van der Waals surface area contributed by atoms with Gasteiger partial charge in [0.1, 0.15) is 12.9 Å². The number of rotatable bonds is 8. The number of nitrogens with zero attached hydrogens (tertiary/aromatic N) is 8. The van der Waals surface area contributed by atoms with Crippen LogP contribution in [-0.4, -0.2) is 67.2 Å². The van der Waals surface area contributed by atoms with Crippen molar-refractivity contribution >= 4 is 17.3 Å². The van der Waals surface area contributed by atoms with Crippen molar-refractivity contribution in [3.8, 4) is 11.4 Å². The largest absolute Gasteiger partial charge is 0.484 e. The molecule has 0 radical (unpaired) electrons. The summed E-state index contributed by atoms with van der Waals surface area (Å²) in [6, 6.07) is 4.57. The monoisotopic (exact) mass is 511 g/mol. The quantitative estimate of drug-likeness (QED) is 0.380. The highest BCUT2D eigenvalue weighted by Crippen LogP contribution is 2.31. The van der Waals surface area contributed by atoms with Crippen molar-refractivity contribution in [2.75, 3.05) is 32.1 Å². The molecule has 0 spiro atoms. The first-order chi connectivity index (χ1) is 17.5. The van der Waals surface area contributed by atoms with Gasteiger partial charge in [-0.2, -0.15) is 0 Å². The molecule has 36 heavy (non-hydrogen) atoms. The number of benzene rings is 1. The Morgan fingerprint density at radius 2 is 2.11 bits per heavy atom. The second kappa shape index (κ2) is 10.5. The van der Waals surface area contributed by atoms with Gasteiger partial charge >= 0.3 is 0 Å². The highest BCUT2D eigenvalue weighted by Gasteiger charge is 2.24. The second-order valence-electron chi connectivity index (χ2n) is 8.90. The van der Waals surface area contributed by atoms with Crippen molar-refractivity contribution in [3.63, 3.8) is 0 Å². The molecule has 0 aliphatic carbocycles. The topological polar surface area (TPSA) is 118 Å². The third-order valence-corrected chi connectivity index (χ3v) is 7.02. The van der Waals surface area contributed by atoms with Gasteiger partial charge in [-0.3, -0.25) is 9.78 Å². The molecule has 4 aromatic rings. The molecule has 11 nitrogen and oxygen atoms in total. The van der Waals surface area contributed by atoms with E-state index in [2.05, 4.69) is 30.4 Å². The van der Waals surface area contributed by atoms with Gasteiger partial charge in [-0.15, -0.1) is 16.4 Å². The van der Waals surface area contributed by atoms with Crippen LogP contribution < -0.4 is 15.2 Å². The summed E-state index contributed by atoms with van der Waals surface area (Å²) in [4.78, 5) is 28.5. The van der Waals surface area contributed by atoms with Gasteiger partial charge in [0.05, 0.1) is 16.4 Å². The second-order valence-corrected chi connectivity index (χ2v) is 9.78. The molecular weight excluding hydrogens is 485 g/mol. The van der Waals surface area contributed by atoms with Crippen molar-refractivity contribution in [2.24, 2.45) is 0 Å². The number of anilines is 1. The zero-order chi connectivity index (χ0) is 25.1.